The summed E-state index contributed by atoms with van der Waals surface area (Å²) in [6.45, 7) is 2.11. The van der Waals surface area contributed by atoms with Crippen LogP contribution in [0.3, 0.4) is 0 Å². The van der Waals surface area contributed by atoms with Gasteiger partial charge in [0.15, 0.2) is 0 Å². The Morgan fingerprint density at radius 2 is 2.21 bits per heavy atom. The number of hydrogen-bond donors (Lipinski definition) is 1. The summed E-state index contributed by atoms with van der Waals surface area (Å²) in [4.78, 5) is 36.6. The van der Waals surface area contributed by atoms with Gasteiger partial charge in [-0.3, -0.25) is 19.7 Å². The smallest absolute Gasteiger partial charge is 0.254 e. The van der Waals surface area contributed by atoms with Crippen molar-refractivity contribution in [3.8, 4) is 0 Å². The SMILES string of the molecule is CCN(C(=O)c1cccc(Cl)c1)[C@H]1CC(=O)NC1=O. The highest BCUT2D eigenvalue weighted by molar-refractivity contribution is 6.31. The highest BCUT2D eigenvalue weighted by Crippen LogP contribution is 2.17. The zero-order valence-corrected chi connectivity index (χ0v) is 11.1. The maximum absolute atomic E-state index is 12.3. The molecule has 1 aliphatic heterocycles. The summed E-state index contributed by atoms with van der Waals surface area (Å²) in [5.41, 5.74) is 0.404. The van der Waals surface area contributed by atoms with Crippen LogP contribution in [0, 0.1) is 0 Å². The van der Waals surface area contributed by atoms with Crippen LogP contribution in [-0.4, -0.2) is 35.2 Å². The number of likely N-dealkylation sites (N-methyl/N-ethyl adjacent to an activating group) is 1. The first-order chi connectivity index (χ1) is 9.02. The van der Waals surface area contributed by atoms with Crippen LogP contribution in [-0.2, 0) is 9.59 Å². The third-order valence-electron chi connectivity index (χ3n) is 2.99. The van der Waals surface area contributed by atoms with Crippen molar-refractivity contribution < 1.29 is 14.4 Å². The minimum absolute atomic E-state index is 0.0129. The number of carbonyl (C=O) groups is 3. The molecule has 1 fully saturated rings. The Kier molecular flexibility index (Phi) is 3.85. The highest BCUT2D eigenvalue weighted by atomic mass is 35.5. The number of carbonyl (C=O) groups excluding carboxylic acids is 3. The Bertz CT molecular complexity index is 544. The predicted molar refractivity (Wildman–Crippen MR) is 69.7 cm³/mol. The average Bonchev–Trinajstić information content (AvgIpc) is 2.69. The van der Waals surface area contributed by atoms with Crippen molar-refractivity contribution in [2.75, 3.05) is 6.54 Å². The van der Waals surface area contributed by atoms with E-state index >= 15 is 0 Å². The number of nitrogens with one attached hydrogen (secondary N) is 1. The van der Waals surface area contributed by atoms with E-state index in [1.54, 1.807) is 31.2 Å². The lowest BCUT2D eigenvalue weighted by Crippen LogP contribution is -2.44. The second-order valence-corrected chi connectivity index (χ2v) is 4.67. The minimum Gasteiger partial charge on any atom is -0.326 e. The summed E-state index contributed by atoms with van der Waals surface area (Å²) >= 11 is 5.84. The molecule has 1 heterocycles. The molecule has 1 aromatic carbocycles. The van der Waals surface area contributed by atoms with Crippen LogP contribution in [0.1, 0.15) is 23.7 Å². The normalized spacial score (nSPS) is 18.3. The Labute approximate surface area is 115 Å². The zero-order valence-electron chi connectivity index (χ0n) is 10.4. The Morgan fingerprint density at radius 1 is 1.47 bits per heavy atom. The van der Waals surface area contributed by atoms with E-state index in [0.717, 1.165) is 0 Å². The van der Waals surface area contributed by atoms with Crippen molar-refractivity contribution in [1.29, 1.82) is 0 Å². The molecular weight excluding hydrogens is 268 g/mol. The molecule has 2 rings (SSSR count). The lowest BCUT2D eigenvalue weighted by Gasteiger charge is -2.25. The molecule has 0 radical (unpaired) electrons. The molecule has 0 aliphatic carbocycles. The Morgan fingerprint density at radius 3 is 2.74 bits per heavy atom. The average molecular weight is 281 g/mol. The van der Waals surface area contributed by atoms with Gasteiger partial charge in [-0.25, -0.2) is 0 Å². The first kappa shape index (κ1) is 13.5. The minimum atomic E-state index is -0.732. The Balaban J connectivity index is 2.25. The molecule has 3 amide bonds. The molecule has 0 bridgehead atoms. The van der Waals surface area contributed by atoms with Crippen LogP contribution < -0.4 is 5.32 Å². The third-order valence-corrected chi connectivity index (χ3v) is 3.23. The molecule has 5 nitrogen and oxygen atoms in total. The molecule has 0 saturated carbocycles. The maximum Gasteiger partial charge on any atom is 0.254 e. The van der Waals surface area contributed by atoms with Crippen LogP contribution in [0.25, 0.3) is 0 Å². The number of amides is 3. The van der Waals surface area contributed by atoms with Gasteiger partial charge in [-0.2, -0.15) is 0 Å². The van der Waals surface area contributed by atoms with Crippen LogP contribution in [0.4, 0.5) is 0 Å². The monoisotopic (exact) mass is 280 g/mol. The van der Waals surface area contributed by atoms with E-state index in [2.05, 4.69) is 5.32 Å². The molecule has 0 aromatic heterocycles. The van der Waals surface area contributed by atoms with Gasteiger partial charge in [0, 0.05) is 17.1 Å². The summed E-state index contributed by atoms with van der Waals surface area (Å²) in [6.07, 6.45) is 0.0129. The number of imide groups is 1. The second-order valence-electron chi connectivity index (χ2n) is 4.23. The van der Waals surface area contributed by atoms with Gasteiger partial charge in [-0.1, -0.05) is 17.7 Å². The van der Waals surface area contributed by atoms with Gasteiger partial charge in [0.2, 0.25) is 11.8 Å². The molecule has 1 saturated heterocycles. The molecule has 1 N–H and O–H groups in total. The standard InChI is InChI=1S/C13H13ClN2O3/c1-2-16(10-7-11(17)15-12(10)18)13(19)8-4-3-5-9(14)6-8/h3-6,10H,2,7H2,1H3,(H,15,17,18)/t10-/m0/s1. The van der Waals surface area contributed by atoms with E-state index in [0.29, 0.717) is 17.1 Å². The first-order valence-corrected chi connectivity index (χ1v) is 6.31. The topological polar surface area (TPSA) is 66.5 Å². The molecule has 6 heteroatoms. The summed E-state index contributed by atoms with van der Waals surface area (Å²) in [6, 6.07) is 5.78. The summed E-state index contributed by atoms with van der Waals surface area (Å²) in [5.74, 6) is -1.09. The van der Waals surface area contributed by atoms with Crippen molar-refractivity contribution >= 4 is 29.3 Å². The molecule has 0 unspecified atom stereocenters. The molecule has 1 atom stereocenters. The lowest BCUT2D eigenvalue weighted by molar-refractivity contribution is -0.126. The largest absolute Gasteiger partial charge is 0.326 e. The van der Waals surface area contributed by atoms with Crippen molar-refractivity contribution in [3.63, 3.8) is 0 Å². The van der Waals surface area contributed by atoms with E-state index in [1.165, 1.54) is 4.90 Å². The van der Waals surface area contributed by atoms with E-state index in [-0.39, 0.29) is 18.2 Å². The highest BCUT2D eigenvalue weighted by Gasteiger charge is 2.37. The zero-order chi connectivity index (χ0) is 14.0. The second kappa shape index (κ2) is 5.40. The maximum atomic E-state index is 12.3. The van der Waals surface area contributed by atoms with Gasteiger partial charge >= 0.3 is 0 Å². The van der Waals surface area contributed by atoms with Crippen LogP contribution in [0.5, 0.6) is 0 Å². The number of halogens is 1. The van der Waals surface area contributed by atoms with Gasteiger partial charge in [-0.15, -0.1) is 0 Å². The van der Waals surface area contributed by atoms with E-state index < -0.39 is 11.9 Å². The quantitative estimate of drug-likeness (QED) is 0.847. The number of rotatable bonds is 3. The lowest BCUT2D eigenvalue weighted by atomic mass is 10.1. The fourth-order valence-electron chi connectivity index (χ4n) is 2.08. The van der Waals surface area contributed by atoms with Gasteiger partial charge in [-0.05, 0) is 25.1 Å². The van der Waals surface area contributed by atoms with Crippen molar-refractivity contribution in [1.82, 2.24) is 10.2 Å². The fraction of sp³-hybridized carbons (Fsp3) is 0.308. The van der Waals surface area contributed by atoms with Crippen molar-refractivity contribution in [3.05, 3.63) is 34.9 Å². The number of hydrogen-bond acceptors (Lipinski definition) is 3. The number of benzene rings is 1. The predicted octanol–water partition coefficient (Wildman–Crippen LogP) is 1.22. The van der Waals surface area contributed by atoms with Gasteiger partial charge in [0.1, 0.15) is 6.04 Å². The summed E-state index contributed by atoms with van der Waals surface area (Å²) in [5, 5.41) is 2.65. The molecule has 1 aliphatic rings. The molecule has 100 valence electrons. The van der Waals surface area contributed by atoms with Crippen LogP contribution >= 0.6 is 11.6 Å². The summed E-state index contributed by atoms with van der Waals surface area (Å²) < 4.78 is 0. The molecular formula is C13H13ClN2O3. The van der Waals surface area contributed by atoms with Crippen LogP contribution in [0.2, 0.25) is 5.02 Å². The van der Waals surface area contributed by atoms with Gasteiger partial charge < -0.3 is 4.90 Å². The number of nitrogens with zero attached hydrogens (tertiary/aromatic N) is 1. The van der Waals surface area contributed by atoms with E-state index in [9.17, 15) is 14.4 Å². The van der Waals surface area contributed by atoms with Gasteiger partial charge in [0.25, 0.3) is 5.91 Å². The molecule has 0 spiro atoms. The van der Waals surface area contributed by atoms with Crippen LogP contribution in [0.15, 0.2) is 24.3 Å². The Hall–Kier alpha value is -1.88. The molecule has 19 heavy (non-hydrogen) atoms. The van der Waals surface area contributed by atoms with Crippen molar-refractivity contribution in [2.45, 2.75) is 19.4 Å². The van der Waals surface area contributed by atoms with Gasteiger partial charge in [0.05, 0.1) is 6.42 Å². The summed E-state index contributed by atoms with van der Waals surface area (Å²) in [7, 11) is 0. The van der Waals surface area contributed by atoms with E-state index in [1.807, 2.05) is 0 Å². The van der Waals surface area contributed by atoms with Crippen molar-refractivity contribution in [2.24, 2.45) is 0 Å². The van der Waals surface area contributed by atoms with E-state index in [4.69, 9.17) is 11.6 Å². The fourth-order valence-corrected chi connectivity index (χ4v) is 2.27. The third kappa shape index (κ3) is 2.76. The molecule has 1 aromatic rings. The first-order valence-electron chi connectivity index (χ1n) is 5.93.